The molecular formula is C16H29NO3. The maximum Gasteiger partial charge on any atom is 0.129 e. The Labute approximate surface area is 122 Å². The summed E-state index contributed by atoms with van der Waals surface area (Å²) in [5, 5.41) is 3.39. The van der Waals surface area contributed by atoms with E-state index in [1.165, 1.54) is 5.56 Å². The van der Waals surface area contributed by atoms with Gasteiger partial charge in [-0.3, -0.25) is 0 Å². The van der Waals surface area contributed by atoms with Crippen molar-refractivity contribution in [3.05, 3.63) is 23.7 Å². The summed E-state index contributed by atoms with van der Waals surface area (Å²) in [6, 6.07) is 2.05. The van der Waals surface area contributed by atoms with Gasteiger partial charge in [-0.2, -0.15) is 0 Å². The van der Waals surface area contributed by atoms with Crippen molar-refractivity contribution >= 4 is 0 Å². The molecule has 0 aromatic carbocycles. The Morgan fingerprint density at radius 3 is 2.75 bits per heavy atom. The zero-order valence-corrected chi connectivity index (χ0v) is 13.5. The molecule has 20 heavy (non-hydrogen) atoms. The number of hydrogen-bond donors (Lipinski definition) is 1. The van der Waals surface area contributed by atoms with Gasteiger partial charge in [-0.15, -0.1) is 0 Å². The second kappa shape index (κ2) is 8.45. The van der Waals surface area contributed by atoms with Gasteiger partial charge < -0.3 is 19.2 Å². The van der Waals surface area contributed by atoms with Crippen molar-refractivity contribution in [1.82, 2.24) is 5.32 Å². The van der Waals surface area contributed by atoms with Crippen molar-refractivity contribution in [2.45, 2.75) is 52.9 Å². The van der Waals surface area contributed by atoms with Crippen LogP contribution in [0.2, 0.25) is 0 Å². The molecule has 0 radical (unpaired) electrons. The molecule has 0 atom stereocenters. The van der Waals surface area contributed by atoms with E-state index >= 15 is 0 Å². The first-order valence-corrected chi connectivity index (χ1v) is 7.33. The quantitative estimate of drug-likeness (QED) is 0.669. The standard InChI is InChI=1S/C16H29NO3/c1-13(2)9-17-10-14-8-15(20-11-14)12-19-7-6-16(3,4)18-5/h8,11,13,17H,6-7,9-10,12H2,1-5H3. The van der Waals surface area contributed by atoms with Crippen molar-refractivity contribution in [3.63, 3.8) is 0 Å². The van der Waals surface area contributed by atoms with Gasteiger partial charge in [-0.1, -0.05) is 13.8 Å². The van der Waals surface area contributed by atoms with E-state index in [2.05, 4.69) is 39.1 Å². The number of nitrogens with one attached hydrogen (secondary N) is 1. The summed E-state index contributed by atoms with van der Waals surface area (Å²) in [6.45, 7) is 11.6. The summed E-state index contributed by atoms with van der Waals surface area (Å²) in [5.74, 6) is 1.54. The average Bonchev–Trinajstić information content (AvgIpc) is 2.82. The molecule has 0 saturated heterocycles. The van der Waals surface area contributed by atoms with E-state index in [1.807, 2.05) is 0 Å². The summed E-state index contributed by atoms with van der Waals surface area (Å²) >= 11 is 0. The Kier molecular flexibility index (Phi) is 7.27. The van der Waals surface area contributed by atoms with E-state index < -0.39 is 0 Å². The Morgan fingerprint density at radius 2 is 2.10 bits per heavy atom. The van der Waals surface area contributed by atoms with Crippen molar-refractivity contribution in [2.75, 3.05) is 20.3 Å². The average molecular weight is 283 g/mol. The van der Waals surface area contributed by atoms with E-state index in [9.17, 15) is 0 Å². The lowest BCUT2D eigenvalue weighted by Crippen LogP contribution is -2.24. The van der Waals surface area contributed by atoms with Crippen molar-refractivity contribution in [1.29, 1.82) is 0 Å². The maximum absolute atomic E-state index is 5.62. The summed E-state index contributed by atoms with van der Waals surface area (Å²) in [7, 11) is 1.73. The van der Waals surface area contributed by atoms with Crippen molar-refractivity contribution in [2.24, 2.45) is 5.92 Å². The van der Waals surface area contributed by atoms with Crippen LogP contribution in [0.4, 0.5) is 0 Å². The number of methoxy groups -OCH3 is 1. The largest absolute Gasteiger partial charge is 0.467 e. The molecule has 0 amide bonds. The SMILES string of the molecule is COC(C)(C)CCOCc1cc(CNCC(C)C)co1. The lowest BCUT2D eigenvalue weighted by molar-refractivity contribution is -0.0143. The highest BCUT2D eigenvalue weighted by Gasteiger charge is 2.15. The minimum atomic E-state index is -0.130. The van der Waals surface area contributed by atoms with Crippen LogP contribution in [0.15, 0.2) is 16.7 Å². The molecule has 1 aromatic rings. The van der Waals surface area contributed by atoms with Crippen LogP contribution in [0.5, 0.6) is 0 Å². The fourth-order valence-corrected chi connectivity index (χ4v) is 1.69. The molecule has 0 saturated carbocycles. The number of rotatable bonds is 10. The highest BCUT2D eigenvalue weighted by molar-refractivity contribution is 5.12. The van der Waals surface area contributed by atoms with Crippen LogP contribution in [0.3, 0.4) is 0 Å². The third-order valence-corrected chi connectivity index (χ3v) is 3.24. The first-order valence-electron chi connectivity index (χ1n) is 7.33. The molecule has 0 unspecified atom stereocenters. The van der Waals surface area contributed by atoms with Gasteiger partial charge in [0.15, 0.2) is 0 Å². The van der Waals surface area contributed by atoms with Gasteiger partial charge in [0.05, 0.1) is 11.9 Å². The smallest absolute Gasteiger partial charge is 0.129 e. The Bertz CT molecular complexity index is 372. The molecule has 4 heteroatoms. The summed E-state index contributed by atoms with van der Waals surface area (Å²) < 4.78 is 16.4. The Balaban J connectivity index is 2.20. The molecule has 116 valence electrons. The molecule has 4 nitrogen and oxygen atoms in total. The second-order valence-corrected chi connectivity index (χ2v) is 6.21. The van der Waals surface area contributed by atoms with Gasteiger partial charge >= 0.3 is 0 Å². The fourth-order valence-electron chi connectivity index (χ4n) is 1.69. The molecule has 1 N–H and O–H groups in total. The van der Waals surface area contributed by atoms with Crippen LogP contribution < -0.4 is 5.32 Å². The molecule has 1 aromatic heterocycles. The third-order valence-electron chi connectivity index (χ3n) is 3.24. The lowest BCUT2D eigenvalue weighted by atomic mass is 10.1. The van der Waals surface area contributed by atoms with Gasteiger partial charge in [0.1, 0.15) is 12.4 Å². The van der Waals surface area contributed by atoms with E-state index in [-0.39, 0.29) is 5.60 Å². The van der Waals surface area contributed by atoms with Gasteiger partial charge in [0.2, 0.25) is 0 Å². The van der Waals surface area contributed by atoms with Gasteiger partial charge in [0.25, 0.3) is 0 Å². The lowest BCUT2D eigenvalue weighted by Gasteiger charge is -2.22. The molecule has 1 heterocycles. The zero-order valence-electron chi connectivity index (χ0n) is 13.5. The van der Waals surface area contributed by atoms with Crippen LogP contribution >= 0.6 is 0 Å². The molecule has 0 fully saturated rings. The Morgan fingerprint density at radius 1 is 1.35 bits per heavy atom. The monoisotopic (exact) mass is 283 g/mol. The molecule has 1 rings (SSSR count). The van der Waals surface area contributed by atoms with Crippen LogP contribution in [0.25, 0.3) is 0 Å². The van der Waals surface area contributed by atoms with E-state index in [1.54, 1.807) is 13.4 Å². The second-order valence-electron chi connectivity index (χ2n) is 6.21. The molecule has 0 bridgehead atoms. The maximum atomic E-state index is 5.62. The van der Waals surface area contributed by atoms with Crippen molar-refractivity contribution in [3.8, 4) is 0 Å². The number of hydrogen-bond acceptors (Lipinski definition) is 4. The summed E-state index contributed by atoms with van der Waals surface area (Å²) in [5.41, 5.74) is 1.04. The minimum Gasteiger partial charge on any atom is -0.467 e. The fraction of sp³-hybridized carbons (Fsp3) is 0.750. The summed E-state index contributed by atoms with van der Waals surface area (Å²) in [4.78, 5) is 0. The van der Waals surface area contributed by atoms with Gasteiger partial charge in [-0.05, 0) is 38.8 Å². The summed E-state index contributed by atoms with van der Waals surface area (Å²) in [6.07, 6.45) is 2.66. The van der Waals surface area contributed by atoms with Crippen molar-refractivity contribution < 1.29 is 13.9 Å². The highest BCUT2D eigenvalue weighted by atomic mass is 16.5. The van der Waals surface area contributed by atoms with E-state index in [4.69, 9.17) is 13.9 Å². The molecule has 0 aliphatic heterocycles. The first-order chi connectivity index (χ1) is 9.43. The normalized spacial score (nSPS) is 12.3. The predicted molar refractivity (Wildman–Crippen MR) is 80.6 cm³/mol. The van der Waals surface area contributed by atoms with Crippen LogP contribution in [-0.2, 0) is 22.6 Å². The van der Waals surface area contributed by atoms with Gasteiger partial charge in [0, 0.05) is 25.8 Å². The highest BCUT2D eigenvalue weighted by Crippen LogP contribution is 2.14. The molecule has 0 aliphatic carbocycles. The first kappa shape index (κ1) is 17.2. The van der Waals surface area contributed by atoms with Crippen LogP contribution in [-0.4, -0.2) is 25.9 Å². The Hall–Kier alpha value is -0.840. The number of ether oxygens (including phenoxy) is 2. The minimum absolute atomic E-state index is 0.130. The van der Waals surface area contributed by atoms with Crippen LogP contribution in [0, 0.1) is 5.92 Å². The third kappa shape index (κ3) is 7.08. The molecule has 0 spiro atoms. The predicted octanol–water partition coefficient (Wildman–Crippen LogP) is 3.36. The van der Waals surface area contributed by atoms with Gasteiger partial charge in [-0.25, -0.2) is 0 Å². The zero-order chi connectivity index (χ0) is 15.0. The molecular weight excluding hydrogens is 254 g/mol. The van der Waals surface area contributed by atoms with E-state index in [0.717, 1.165) is 25.3 Å². The topological polar surface area (TPSA) is 43.6 Å². The van der Waals surface area contributed by atoms with E-state index in [0.29, 0.717) is 19.1 Å². The molecule has 0 aliphatic rings. The van der Waals surface area contributed by atoms with Crippen LogP contribution in [0.1, 0.15) is 45.4 Å². The number of furan rings is 1.